The van der Waals surface area contributed by atoms with Gasteiger partial charge in [0.1, 0.15) is 11.8 Å². The average molecular weight is 293 g/mol. The van der Waals surface area contributed by atoms with Gasteiger partial charge in [0.2, 0.25) is 0 Å². The number of nitrogens with one attached hydrogen (secondary N) is 1. The summed E-state index contributed by atoms with van der Waals surface area (Å²) in [5.41, 5.74) is 3.12. The van der Waals surface area contributed by atoms with Gasteiger partial charge in [-0.25, -0.2) is 4.79 Å². The number of aryl methyl sites for hydroxylation is 3. The van der Waals surface area contributed by atoms with Crippen molar-refractivity contribution in [1.82, 2.24) is 5.32 Å². The summed E-state index contributed by atoms with van der Waals surface area (Å²) < 4.78 is 10.4. The first-order valence-electron chi connectivity index (χ1n) is 7.01. The van der Waals surface area contributed by atoms with E-state index in [1.807, 2.05) is 32.9 Å². The third-order valence-electron chi connectivity index (χ3n) is 2.97. The Kier molecular flexibility index (Phi) is 6.21. The molecule has 0 saturated heterocycles. The molecule has 0 heterocycles. The van der Waals surface area contributed by atoms with E-state index in [-0.39, 0.29) is 19.1 Å². The number of esters is 1. The third kappa shape index (κ3) is 5.10. The second kappa shape index (κ2) is 7.67. The number of benzene rings is 1. The van der Waals surface area contributed by atoms with Crippen LogP contribution in [0.25, 0.3) is 0 Å². The predicted octanol–water partition coefficient (Wildman–Crippen LogP) is 2.06. The van der Waals surface area contributed by atoms with Crippen LogP contribution in [-0.4, -0.2) is 31.1 Å². The summed E-state index contributed by atoms with van der Waals surface area (Å²) >= 11 is 0. The summed E-state index contributed by atoms with van der Waals surface area (Å²) in [6, 6.07) is 3.32. The normalized spacial score (nSPS) is 11.7. The molecule has 0 radical (unpaired) electrons. The van der Waals surface area contributed by atoms with Gasteiger partial charge in [-0.05, 0) is 45.7 Å². The Balaban J connectivity index is 2.56. The largest absolute Gasteiger partial charge is 0.483 e. The molecule has 0 saturated carbocycles. The maximum absolute atomic E-state index is 11.8. The quantitative estimate of drug-likeness (QED) is 0.815. The maximum atomic E-state index is 11.8. The molecule has 21 heavy (non-hydrogen) atoms. The van der Waals surface area contributed by atoms with Crippen molar-refractivity contribution >= 4 is 11.9 Å². The number of carbonyl (C=O) groups is 2. The van der Waals surface area contributed by atoms with Gasteiger partial charge < -0.3 is 14.8 Å². The Morgan fingerprint density at radius 1 is 1.19 bits per heavy atom. The molecule has 1 aromatic carbocycles. The smallest absolute Gasteiger partial charge is 0.328 e. The number of ether oxygens (including phenoxy) is 2. The Labute approximate surface area is 125 Å². The highest BCUT2D eigenvalue weighted by Gasteiger charge is 2.17. The Hall–Kier alpha value is -2.04. The van der Waals surface area contributed by atoms with E-state index in [1.54, 1.807) is 13.8 Å². The first kappa shape index (κ1) is 17.0. The maximum Gasteiger partial charge on any atom is 0.328 e. The van der Waals surface area contributed by atoms with Crippen molar-refractivity contribution in [3.8, 4) is 5.75 Å². The molecule has 0 fully saturated rings. The average Bonchev–Trinajstić information content (AvgIpc) is 2.37. The second-order valence-corrected chi connectivity index (χ2v) is 5.06. The standard InChI is InChI=1S/C16H23NO4/c1-6-20-16(19)13(5)17-14(18)9-21-15-11(3)7-10(2)8-12(15)4/h7-8,13H,6,9H2,1-5H3,(H,17,18). The molecule has 0 aliphatic rings. The van der Waals surface area contributed by atoms with Gasteiger partial charge in [0.05, 0.1) is 6.61 Å². The summed E-state index contributed by atoms with van der Waals surface area (Å²) in [7, 11) is 0. The molecule has 1 unspecified atom stereocenters. The minimum absolute atomic E-state index is 0.130. The molecule has 0 aliphatic carbocycles. The molecule has 0 spiro atoms. The van der Waals surface area contributed by atoms with E-state index in [0.717, 1.165) is 16.7 Å². The van der Waals surface area contributed by atoms with Gasteiger partial charge in [0.15, 0.2) is 6.61 Å². The van der Waals surface area contributed by atoms with Crippen molar-refractivity contribution in [3.05, 3.63) is 28.8 Å². The van der Waals surface area contributed by atoms with Gasteiger partial charge in [0.25, 0.3) is 5.91 Å². The lowest BCUT2D eigenvalue weighted by molar-refractivity contribution is -0.147. The van der Waals surface area contributed by atoms with Crippen LogP contribution in [0.2, 0.25) is 0 Å². The molecular formula is C16H23NO4. The summed E-state index contributed by atoms with van der Waals surface area (Å²) in [6.45, 7) is 9.35. The van der Waals surface area contributed by atoms with Crippen LogP contribution >= 0.6 is 0 Å². The molecular weight excluding hydrogens is 270 g/mol. The van der Waals surface area contributed by atoms with Gasteiger partial charge in [-0.3, -0.25) is 4.79 Å². The van der Waals surface area contributed by atoms with E-state index in [4.69, 9.17) is 9.47 Å². The monoisotopic (exact) mass is 293 g/mol. The van der Waals surface area contributed by atoms with Crippen molar-refractivity contribution in [2.45, 2.75) is 40.7 Å². The zero-order chi connectivity index (χ0) is 16.0. The van der Waals surface area contributed by atoms with Crippen molar-refractivity contribution in [1.29, 1.82) is 0 Å². The van der Waals surface area contributed by atoms with Crippen molar-refractivity contribution in [3.63, 3.8) is 0 Å². The number of hydrogen-bond acceptors (Lipinski definition) is 4. The highest BCUT2D eigenvalue weighted by molar-refractivity contribution is 5.84. The van der Waals surface area contributed by atoms with Crippen molar-refractivity contribution in [2.75, 3.05) is 13.2 Å². The van der Waals surface area contributed by atoms with E-state index in [1.165, 1.54) is 0 Å². The van der Waals surface area contributed by atoms with Gasteiger partial charge in [0, 0.05) is 0 Å². The minimum Gasteiger partial charge on any atom is -0.483 e. The van der Waals surface area contributed by atoms with Gasteiger partial charge >= 0.3 is 5.97 Å². The molecule has 1 aromatic rings. The molecule has 0 bridgehead atoms. The first-order chi connectivity index (χ1) is 9.85. The van der Waals surface area contributed by atoms with Crippen LogP contribution in [0.15, 0.2) is 12.1 Å². The number of hydrogen-bond donors (Lipinski definition) is 1. The Morgan fingerprint density at radius 3 is 2.29 bits per heavy atom. The lowest BCUT2D eigenvalue weighted by atomic mass is 10.1. The number of amides is 1. The first-order valence-corrected chi connectivity index (χ1v) is 7.01. The SMILES string of the molecule is CCOC(=O)C(C)NC(=O)COc1c(C)cc(C)cc1C. The zero-order valence-corrected chi connectivity index (χ0v) is 13.3. The number of carbonyl (C=O) groups excluding carboxylic acids is 2. The molecule has 1 N–H and O–H groups in total. The van der Waals surface area contributed by atoms with Crippen LogP contribution in [0, 0.1) is 20.8 Å². The molecule has 1 atom stereocenters. The lowest BCUT2D eigenvalue weighted by Crippen LogP contribution is -2.41. The van der Waals surface area contributed by atoms with E-state index in [0.29, 0.717) is 5.75 Å². The van der Waals surface area contributed by atoms with Crippen LogP contribution in [0.4, 0.5) is 0 Å². The highest BCUT2D eigenvalue weighted by atomic mass is 16.5. The molecule has 1 amide bonds. The van der Waals surface area contributed by atoms with Crippen LogP contribution < -0.4 is 10.1 Å². The van der Waals surface area contributed by atoms with Crippen LogP contribution in [0.5, 0.6) is 5.75 Å². The molecule has 1 rings (SSSR count). The van der Waals surface area contributed by atoms with E-state index < -0.39 is 12.0 Å². The summed E-state index contributed by atoms with van der Waals surface area (Å²) in [4.78, 5) is 23.2. The summed E-state index contributed by atoms with van der Waals surface area (Å²) in [6.07, 6.45) is 0. The number of rotatable bonds is 6. The third-order valence-corrected chi connectivity index (χ3v) is 2.97. The van der Waals surface area contributed by atoms with Crippen LogP contribution in [0.1, 0.15) is 30.5 Å². The molecule has 0 aliphatic heterocycles. The summed E-state index contributed by atoms with van der Waals surface area (Å²) in [5, 5.41) is 2.55. The fourth-order valence-corrected chi connectivity index (χ4v) is 2.14. The second-order valence-electron chi connectivity index (χ2n) is 5.06. The summed E-state index contributed by atoms with van der Waals surface area (Å²) in [5.74, 6) is -0.0944. The fourth-order valence-electron chi connectivity index (χ4n) is 2.14. The van der Waals surface area contributed by atoms with Crippen molar-refractivity contribution in [2.24, 2.45) is 0 Å². The van der Waals surface area contributed by atoms with Gasteiger partial charge in [-0.1, -0.05) is 17.7 Å². The molecule has 5 nitrogen and oxygen atoms in total. The van der Waals surface area contributed by atoms with Crippen LogP contribution in [0.3, 0.4) is 0 Å². The topological polar surface area (TPSA) is 64.6 Å². The van der Waals surface area contributed by atoms with Gasteiger partial charge in [-0.2, -0.15) is 0 Å². The molecule has 5 heteroatoms. The predicted molar refractivity (Wildman–Crippen MR) is 80.4 cm³/mol. The molecule has 0 aromatic heterocycles. The Morgan fingerprint density at radius 2 is 1.76 bits per heavy atom. The van der Waals surface area contributed by atoms with E-state index in [9.17, 15) is 9.59 Å². The zero-order valence-electron chi connectivity index (χ0n) is 13.3. The lowest BCUT2D eigenvalue weighted by Gasteiger charge is -2.15. The van der Waals surface area contributed by atoms with Crippen LogP contribution in [-0.2, 0) is 14.3 Å². The van der Waals surface area contributed by atoms with Gasteiger partial charge in [-0.15, -0.1) is 0 Å². The Bertz CT molecular complexity index is 502. The van der Waals surface area contributed by atoms with E-state index in [2.05, 4.69) is 5.32 Å². The fraction of sp³-hybridized carbons (Fsp3) is 0.500. The van der Waals surface area contributed by atoms with E-state index >= 15 is 0 Å². The highest BCUT2D eigenvalue weighted by Crippen LogP contribution is 2.24. The molecule has 116 valence electrons. The minimum atomic E-state index is -0.679. The van der Waals surface area contributed by atoms with Crippen molar-refractivity contribution < 1.29 is 19.1 Å².